The molecule has 0 saturated carbocycles. The zero-order chi connectivity index (χ0) is 20.4. The molecule has 28 heavy (non-hydrogen) atoms. The molecule has 0 aliphatic carbocycles. The molecule has 2 amide bonds. The van der Waals surface area contributed by atoms with E-state index in [9.17, 15) is 9.59 Å². The molecule has 3 aromatic rings. The zero-order valence-corrected chi connectivity index (χ0v) is 16.6. The van der Waals surface area contributed by atoms with Crippen LogP contribution in [0.4, 0.5) is 11.4 Å². The van der Waals surface area contributed by atoms with Gasteiger partial charge in [0.2, 0.25) is 5.91 Å². The lowest BCUT2D eigenvalue weighted by Gasteiger charge is -2.13. The molecule has 0 aromatic carbocycles. The van der Waals surface area contributed by atoms with Gasteiger partial charge in [-0.05, 0) is 33.3 Å². The van der Waals surface area contributed by atoms with Crippen LogP contribution < -0.4 is 10.6 Å². The van der Waals surface area contributed by atoms with Crippen molar-refractivity contribution in [3.8, 4) is 0 Å². The molecule has 0 radical (unpaired) electrons. The Bertz CT molecular complexity index is 1010. The van der Waals surface area contributed by atoms with Crippen LogP contribution in [0.15, 0.2) is 24.8 Å². The molecule has 1 atom stereocenters. The van der Waals surface area contributed by atoms with Crippen molar-refractivity contribution in [1.29, 1.82) is 0 Å². The molecule has 3 heterocycles. The molecule has 0 spiro atoms. The number of aryl methyl sites for hydroxylation is 3. The smallest absolute Gasteiger partial charge is 0.276 e. The van der Waals surface area contributed by atoms with Crippen molar-refractivity contribution in [2.45, 2.75) is 40.3 Å². The summed E-state index contributed by atoms with van der Waals surface area (Å²) in [5, 5.41) is 18.1. The summed E-state index contributed by atoms with van der Waals surface area (Å²) in [4.78, 5) is 25.5. The summed E-state index contributed by atoms with van der Waals surface area (Å²) >= 11 is 0. The van der Waals surface area contributed by atoms with Gasteiger partial charge in [0, 0.05) is 19.8 Å². The third kappa shape index (κ3) is 3.66. The predicted octanol–water partition coefficient (Wildman–Crippen LogP) is 1.90. The summed E-state index contributed by atoms with van der Waals surface area (Å²) in [6.45, 7) is 7.86. The van der Waals surface area contributed by atoms with Crippen LogP contribution in [0.5, 0.6) is 0 Å². The Balaban J connectivity index is 1.82. The maximum absolute atomic E-state index is 12.9. The van der Waals surface area contributed by atoms with E-state index in [4.69, 9.17) is 0 Å². The topological polar surface area (TPSA) is 112 Å². The van der Waals surface area contributed by atoms with E-state index in [1.165, 1.54) is 6.20 Å². The van der Waals surface area contributed by atoms with Gasteiger partial charge in [-0.1, -0.05) is 0 Å². The second kappa shape index (κ2) is 7.67. The normalized spacial score (nSPS) is 12.0. The number of nitrogens with zero attached hydrogens (tertiary/aromatic N) is 6. The standard InChI is InChI=1S/C18H24N8O2/c1-6-25-16(18(28)22-14-8-19-24(5)12(14)3)15(9-21-25)23-17(27)13(4)26-10-11(2)7-20-26/h7-10,13H,6H2,1-5H3,(H,22,28)(H,23,27). The average molecular weight is 384 g/mol. The second-order valence-electron chi connectivity index (χ2n) is 6.61. The highest BCUT2D eigenvalue weighted by Crippen LogP contribution is 2.20. The molecule has 3 rings (SSSR count). The highest BCUT2D eigenvalue weighted by Gasteiger charge is 2.23. The van der Waals surface area contributed by atoms with Crippen molar-refractivity contribution in [3.63, 3.8) is 0 Å². The molecule has 0 saturated heterocycles. The van der Waals surface area contributed by atoms with E-state index in [0.29, 0.717) is 17.9 Å². The summed E-state index contributed by atoms with van der Waals surface area (Å²) in [6.07, 6.45) is 6.54. The molecule has 148 valence electrons. The fraction of sp³-hybridized carbons (Fsp3) is 0.389. The van der Waals surface area contributed by atoms with Crippen molar-refractivity contribution < 1.29 is 9.59 Å². The monoisotopic (exact) mass is 384 g/mol. The molecule has 10 heteroatoms. The highest BCUT2D eigenvalue weighted by molar-refractivity contribution is 6.09. The van der Waals surface area contributed by atoms with Crippen LogP contribution in [0.1, 0.15) is 41.6 Å². The first-order valence-corrected chi connectivity index (χ1v) is 8.99. The van der Waals surface area contributed by atoms with E-state index in [1.54, 1.807) is 46.6 Å². The third-order valence-corrected chi connectivity index (χ3v) is 4.60. The Hall–Kier alpha value is -3.43. The van der Waals surface area contributed by atoms with Gasteiger partial charge >= 0.3 is 0 Å². The second-order valence-corrected chi connectivity index (χ2v) is 6.61. The zero-order valence-electron chi connectivity index (χ0n) is 16.6. The van der Waals surface area contributed by atoms with Crippen molar-refractivity contribution in [1.82, 2.24) is 29.3 Å². The summed E-state index contributed by atoms with van der Waals surface area (Å²) in [6, 6.07) is -0.532. The maximum atomic E-state index is 12.9. The van der Waals surface area contributed by atoms with Gasteiger partial charge in [0.15, 0.2) is 0 Å². The summed E-state index contributed by atoms with van der Waals surface area (Å²) in [5.41, 5.74) is 3.02. The molecule has 0 fully saturated rings. The molecule has 3 aromatic heterocycles. The first-order valence-electron chi connectivity index (χ1n) is 8.99. The largest absolute Gasteiger partial charge is 0.321 e. The van der Waals surface area contributed by atoms with Crippen LogP contribution in [-0.4, -0.2) is 41.2 Å². The van der Waals surface area contributed by atoms with Gasteiger partial charge in [0.25, 0.3) is 5.91 Å². The van der Waals surface area contributed by atoms with Gasteiger partial charge < -0.3 is 10.6 Å². The van der Waals surface area contributed by atoms with E-state index >= 15 is 0 Å². The molecule has 0 bridgehead atoms. The first-order chi connectivity index (χ1) is 13.3. The van der Waals surface area contributed by atoms with Gasteiger partial charge in [0.05, 0.1) is 35.7 Å². The van der Waals surface area contributed by atoms with Crippen LogP contribution in [0.2, 0.25) is 0 Å². The Morgan fingerprint density at radius 1 is 1.07 bits per heavy atom. The van der Waals surface area contributed by atoms with Gasteiger partial charge in [-0.2, -0.15) is 15.3 Å². The number of rotatable bonds is 6. The van der Waals surface area contributed by atoms with Gasteiger partial charge in [0.1, 0.15) is 11.7 Å². The van der Waals surface area contributed by atoms with Crippen molar-refractivity contribution in [2.75, 3.05) is 10.6 Å². The number of amides is 2. The van der Waals surface area contributed by atoms with E-state index in [2.05, 4.69) is 25.9 Å². The molecule has 0 aliphatic heterocycles. The minimum atomic E-state index is -0.532. The predicted molar refractivity (Wildman–Crippen MR) is 104 cm³/mol. The SMILES string of the molecule is CCn1ncc(NC(=O)C(C)n2cc(C)cn2)c1C(=O)Nc1cnn(C)c1C. The fourth-order valence-electron chi connectivity index (χ4n) is 2.76. The van der Waals surface area contributed by atoms with E-state index in [-0.39, 0.29) is 17.5 Å². The number of aromatic nitrogens is 6. The van der Waals surface area contributed by atoms with Crippen LogP contribution in [0.25, 0.3) is 0 Å². The molecule has 0 aliphatic rings. The van der Waals surface area contributed by atoms with Crippen molar-refractivity contribution >= 4 is 23.2 Å². The lowest BCUT2D eigenvalue weighted by atomic mass is 10.2. The Kier molecular flexibility index (Phi) is 5.30. The fourth-order valence-corrected chi connectivity index (χ4v) is 2.76. The van der Waals surface area contributed by atoms with Crippen molar-refractivity contribution in [2.24, 2.45) is 7.05 Å². The number of anilines is 2. The third-order valence-electron chi connectivity index (χ3n) is 4.60. The number of nitrogens with one attached hydrogen (secondary N) is 2. The summed E-state index contributed by atoms with van der Waals surface area (Å²) in [7, 11) is 1.80. The Labute approximate surface area is 162 Å². The molecule has 1 unspecified atom stereocenters. The van der Waals surface area contributed by atoms with E-state index in [1.807, 2.05) is 20.8 Å². The lowest BCUT2D eigenvalue weighted by Crippen LogP contribution is -2.26. The minimum absolute atomic E-state index is 0.281. The van der Waals surface area contributed by atoms with E-state index in [0.717, 1.165) is 11.3 Å². The summed E-state index contributed by atoms with van der Waals surface area (Å²) < 4.78 is 4.79. The van der Waals surface area contributed by atoms with Gasteiger partial charge in [-0.3, -0.25) is 23.6 Å². The quantitative estimate of drug-likeness (QED) is 0.674. The molecule has 10 nitrogen and oxygen atoms in total. The molecule has 2 N–H and O–H groups in total. The van der Waals surface area contributed by atoms with Crippen LogP contribution >= 0.6 is 0 Å². The minimum Gasteiger partial charge on any atom is -0.321 e. The first kappa shape index (κ1) is 19.3. The Morgan fingerprint density at radius 2 is 1.79 bits per heavy atom. The van der Waals surface area contributed by atoms with E-state index < -0.39 is 6.04 Å². The Morgan fingerprint density at radius 3 is 2.36 bits per heavy atom. The van der Waals surface area contributed by atoms with Crippen LogP contribution in [-0.2, 0) is 18.4 Å². The average Bonchev–Trinajstić information content (AvgIpc) is 3.36. The highest BCUT2D eigenvalue weighted by atomic mass is 16.2. The van der Waals surface area contributed by atoms with Crippen LogP contribution in [0, 0.1) is 13.8 Å². The summed E-state index contributed by atoms with van der Waals surface area (Å²) in [5.74, 6) is -0.654. The van der Waals surface area contributed by atoms with Crippen molar-refractivity contribution in [3.05, 3.63) is 41.7 Å². The molecular formula is C18H24N8O2. The number of hydrogen-bond acceptors (Lipinski definition) is 5. The van der Waals surface area contributed by atoms with Gasteiger partial charge in [-0.25, -0.2) is 0 Å². The number of hydrogen-bond donors (Lipinski definition) is 2. The lowest BCUT2D eigenvalue weighted by molar-refractivity contribution is -0.119. The number of carbonyl (C=O) groups is 2. The maximum Gasteiger partial charge on any atom is 0.276 e. The van der Waals surface area contributed by atoms with Gasteiger partial charge in [-0.15, -0.1) is 0 Å². The molecular weight excluding hydrogens is 360 g/mol. The van der Waals surface area contributed by atoms with Crippen LogP contribution in [0.3, 0.4) is 0 Å². The number of carbonyl (C=O) groups excluding carboxylic acids is 2.